The molecular weight excluding hydrogens is 303 g/mol. The largest absolute Gasteiger partial charge is 0.474 e. The molecule has 1 unspecified atom stereocenters. The lowest BCUT2D eigenvalue weighted by molar-refractivity contribution is -0.149. The molecule has 0 N–H and O–H groups in total. The molecule has 0 bridgehead atoms. The first-order valence-corrected chi connectivity index (χ1v) is 6.02. The van der Waals surface area contributed by atoms with Gasteiger partial charge in [0.05, 0.1) is 11.6 Å². The van der Waals surface area contributed by atoms with Crippen molar-refractivity contribution in [1.82, 2.24) is 0 Å². The molecule has 0 aliphatic carbocycles. The van der Waals surface area contributed by atoms with E-state index in [-0.39, 0.29) is 5.75 Å². The molecule has 5 heteroatoms. The fourth-order valence-electron chi connectivity index (χ4n) is 1.33. The predicted octanol–water partition coefficient (Wildman–Crippen LogP) is 2.90. The van der Waals surface area contributed by atoms with Gasteiger partial charge in [-0.15, -0.1) is 6.42 Å². The van der Waals surface area contributed by atoms with E-state index in [2.05, 4.69) is 26.6 Å². The molecule has 0 radical (unpaired) electrons. The van der Waals surface area contributed by atoms with Crippen molar-refractivity contribution < 1.29 is 18.7 Å². The Bertz CT molecular complexity index is 470. The molecule has 1 aromatic carbocycles. The molecule has 1 aromatic rings. The zero-order valence-corrected chi connectivity index (χ0v) is 11.6. The van der Waals surface area contributed by atoms with Crippen LogP contribution in [0.5, 0.6) is 5.75 Å². The molecule has 0 saturated carbocycles. The van der Waals surface area contributed by atoms with Crippen LogP contribution >= 0.6 is 15.9 Å². The summed E-state index contributed by atoms with van der Waals surface area (Å²) in [6.07, 6.45) is 4.70. The van der Waals surface area contributed by atoms with Crippen molar-refractivity contribution in [3.63, 3.8) is 0 Å². The van der Waals surface area contributed by atoms with Gasteiger partial charge in [0, 0.05) is 5.56 Å². The first kappa shape index (κ1) is 14.5. The fourth-order valence-corrected chi connectivity index (χ4v) is 1.86. The van der Waals surface area contributed by atoms with Gasteiger partial charge >= 0.3 is 5.97 Å². The summed E-state index contributed by atoms with van der Waals surface area (Å²) < 4.78 is 24.0. The van der Waals surface area contributed by atoms with Crippen LogP contribution in [0.25, 0.3) is 0 Å². The molecule has 96 valence electrons. The highest BCUT2D eigenvalue weighted by atomic mass is 79.9. The highest BCUT2D eigenvalue weighted by molar-refractivity contribution is 9.10. The Morgan fingerprint density at radius 1 is 1.61 bits per heavy atom. The summed E-state index contributed by atoms with van der Waals surface area (Å²) >= 11 is 3.15. The number of benzene rings is 1. The van der Waals surface area contributed by atoms with Crippen LogP contribution in [-0.4, -0.2) is 19.2 Å². The van der Waals surface area contributed by atoms with Crippen LogP contribution in [0.3, 0.4) is 0 Å². The summed E-state index contributed by atoms with van der Waals surface area (Å²) in [4.78, 5) is 11.4. The quantitative estimate of drug-likeness (QED) is 0.633. The number of carbonyl (C=O) groups is 1. The summed E-state index contributed by atoms with van der Waals surface area (Å²) in [5.74, 6) is 1.09. The normalized spacial score (nSPS) is 11.5. The molecule has 1 rings (SSSR count). The van der Waals surface area contributed by atoms with Gasteiger partial charge in [0.1, 0.15) is 0 Å². The summed E-state index contributed by atoms with van der Waals surface area (Å²) in [5, 5.41) is 0. The molecule has 0 saturated heterocycles. The van der Waals surface area contributed by atoms with Gasteiger partial charge in [-0.2, -0.15) is 0 Å². The SMILES string of the molecule is C#Cc1cc(F)c(OC(CC)C(=O)OC)c(Br)c1. The Balaban J connectivity index is 3.04. The van der Waals surface area contributed by atoms with Crippen LogP contribution in [0.2, 0.25) is 0 Å². The molecule has 18 heavy (non-hydrogen) atoms. The standard InChI is InChI=1S/C13H12BrFO3/c1-4-8-6-9(14)12(10(15)7-8)18-11(5-2)13(16)17-3/h1,6-7,11H,5H2,2-3H3. The molecule has 0 aliphatic heterocycles. The van der Waals surface area contributed by atoms with Gasteiger partial charge in [-0.25, -0.2) is 9.18 Å². The second-order valence-electron chi connectivity index (χ2n) is 3.45. The van der Waals surface area contributed by atoms with Crippen LogP contribution in [0.1, 0.15) is 18.9 Å². The molecule has 0 fully saturated rings. The number of carbonyl (C=O) groups excluding carboxylic acids is 1. The van der Waals surface area contributed by atoms with Crippen LogP contribution < -0.4 is 4.74 Å². The van der Waals surface area contributed by atoms with E-state index in [4.69, 9.17) is 11.2 Å². The first-order chi connectivity index (χ1) is 8.53. The zero-order valence-electron chi connectivity index (χ0n) is 10.00. The van der Waals surface area contributed by atoms with E-state index < -0.39 is 17.9 Å². The van der Waals surface area contributed by atoms with Crippen molar-refractivity contribution in [1.29, 1.82) is 0 Å². The second kappa shape index (κ2) is 6.41. The molecule has 0 spiro atoms. The third-order valence-corrected chi connectivity index (χ3v) is 2.85. The van der Waals surface area contributed by atoms with E-state index in [0.717, 1.165) is 0 Å². The van der Waals surface area contributed by atoms with Crippen LogP contribution in [0, 0.1) is 18.2 Å². The van der Waals surface area contributed by atoms with E-state index >= 15 is 0 Å². The lowest BCUT2D eigenvalue weighted by atomic mass is 10.2. The van der Waals surface area contributed by atoms with Gasteiger partial charge in [-0.05, 0) is 34.5 Å². The molecule has 0 aromatic heterocycles. The lowest BCUT2D eigenvalue weighted by Gasteiger charge is -2.16. The monoisotopic (exact) mass is 314 g/mol. The minimum atomic E-state index is -0.850. The molecule has 0 aliphatic rings. The molecular formula is C13H12BrFO3. The van der Waals surface area contributed by atoms with E-state index in [9.17, 15) is 9.18 Å². The van der Waals surface area contributed by atoms with Crippen molar-refractivity contribution in [3.8, 4) is 18.1 Å². The summed E-state index contributed by atoms with van der Waals surface area (Å²) in [6, 6.07) is 2.71. The Hall–Kier alpha value is -1.54. The summed E-state index contributed by atoms with van der Waals surface area (Å²) in [7, 11) is 1.25. The van der Waals surface area contributed by atoms with E-state index in [1.165, 1.54) is 13.2 Å². The number of rotatable bonds is 4. The second-order valence-corrected chi connectivity index (χ2v) is 4.31. The Labute approximate surface area is 113 Å². The van der Waals surface area contributed by atoms with E-state index in [1.54, 1.807) is 13.0 Å². The minimum Gasteiger partial charge on any atom is -0.474 e. The van der Waals surface area contributed by atoms with Crippen LogP contribution in [0.4, 0.5) is 4.39 Å². The fraction of sp³-hybridized carbons (Fsp3) is 0.308. The third-order valence-electron chi connectivity index (χ3n) is 2.26. The van der Waals surface area contributed by atoms with Crippen molar-refractivity contribution in [3.05, 3.63) is 28.0 Å². The molecule has 1 atom stereocenters. The highest BCUT2D eigenvalue weighted by Crippen LogP contribution is 2.30. The molecule has 0 heterocycles. The summed E-state index contributed by atoms with van der Waals surface area (Å²) in [5.41, 5.74) is 0.387. The van der Waals surface area contributed by atoms with E-state index in [1.807, 2.05) is 0 Å². The van der Waals surface area contributed by atoms with Gasteiger partial charge in [-0.3, -0.25) is 0 Å². The van der Waals surface area contributed by atoms with Crippen molar-refractivity contribution in [2.75, 3.05) is 7.11 Å². The molecule has 3 nitrogen and oxygen atoms in total. The maximum Gasteiger partial charge on any atom is 0.347 e. The van der Waals surface area contributed by atoms with E-state index in [0.29, 0.717) is 16.5 Å². The number of hydrogen-bond acceptors (Lipinski definition) is 3. The number of methoxy groups -OCH3 is 1. The topological polar surface area (TPSA) is 35.5 Å². The maximum atomic E-state index is 13.8. The number of esters is 1. The zero-order chi connectivity index (χ0) is 13.7. The highest BCUT2D eigenvalue weighted by Gasteiger charge is 2.22. The average molecular weight is 315 g/mol. The Morgan fingerprint density at radius 2 is 2.28 bits per heavy atom. The lowest BCUT2D eigenvalue weighted by Crippen LogP contribution is -2.28. The number of hydrogen-bond donors (Lipinski definition) is 0. The van der Waals surface area contributed by atoms with Gasteiger partial charge < -0.3 is 9.47 Å². The third kappa shape index (κ3) is 3.23. The smallest absolute Gasteiger partial charge is 0.347 e. The van der Waals surface area contributed by atoms with Gasteiger partial charge in [0.2, 0.25) is 0 Å². The van der Waals surface area contributed by atoms with Crippen molar-refractivity contribution in [2.24, 2.45) is 0 Å². The first-order valence-electron chi connectivity index (χ1n) is 5.23. The van der Waals surface area contributed by atoms with Crippen LogP contribution in [0.15, 0.2) is 16.6 Å². The molecule has 0 amide bonds. The summed E-state index contributed by atoms with van der Waals surface area (Å²) in [6.45, 7) is 1.74. The number of ether oxygens (including phenoxy) is 2. The van der Waals surface area contributed by atoms with Crippen LogP contribution in [-0.2, 0) is 9.53 Å². The van der Waals surface area contributed by atoms with Gasteiger partial charge in [0.15, 0.2) is 17.7 Å². The van der Waals surface area contributed by atoms with Gasteiger partial charge in [0.25, 0.3) is 0 Å². The number of halogens is 2. The predicted molar refractivity (Wildman–Crippen MR) is 68.8 cm³/mol. The van der Waals surface area contributed by atoms with Gasteiger partial charge in [-0.1, -0.05) is 12.8 Å². The van der Waals surface area contributed by atoms with Crippen molar-refractivity contribution in [2.45, 2.75) is 19.4 Å². The Kier molecular flexibility index (Phi) is 5.17. The maximum absolute atomic E-state index is 13.8. The Morgan fingerprint density at radius 3 is 2.72 bits per heavy atom. The van der Waals surface area contributed by atoms with Crippen molar-refractivity contribution >= 4 is 21.9 Å². The average Bonchev–Trinajstić information content (AvgIpc) is 2.37. The minimum absolute atomic E-state index is 0.0498. The number of terminal acetylenes is 1.